The SMILES string of the molecule is CC1(C(=O)O)CCC[C@@]2(C)C1CC[C@@]1(C)C3=C(CCC21)[C@@H]1C[C@H](C(=O)O)[C@@H]3O1. The average Bonchev–Trinajstić information content (AvgIpc) is 3.20. The zero-order valence-electron chi connectivity index (χ0n) is 17.2. The predicted octanol–water partition coefficient (Wildman–Crippen LogP) is 4.26. The van der Waals surface area contributed by atoms with Crippen molar-refractivity contribution in [1.29, 1.82) is 0 Å². The Bertz CT molecular complexity index is 786. The first kappa shape index (κ1) is 18.7. The van der Waals surface area contributed by atoms with Gasteiger partial charge in [0.05, 0.1) is 23.5 Å². The minimum absolute atomic E-state index is 0.0000425. The Morgan fingerprint density at radius 2 is 1.79 bits per heavy atom. The number of carbonyl (C=O) groups is 2. The van der Waals surface area contributed by atoms with Crippen molar-refractivity contribution in [3.05, 3.63) is 11.1 Å². The summed E-state index contributed by atoms with van der Waals surface area (Å²) in [6.45, 7) is 6.65. The number of fused-ring (bicyclic) bond motifs is 8. The predicted molar refractivity (Wildman–Crippen MR) is 103 cm³/mol. The molecule has 0 amide bonds. The fourth-order valence-electron chi connectivity index (χ4n) is 8.60. The standard InChI is InChI=1S/C23H32O5/c1-21-8-4-9-23(3,20(26)27)16(21)7-10-22(2)15(21)6-5-12-14-11-13(19(24)25)18(28-14)17(12)22/h13-16,18H,4-11H2,1-3H3,(H,24,25)(H,26,27)/t13-,14-,15?,16?,18-,21+,22+,23?/m0/s1. The van der Waals surface area contributed by atoms with Gasteiger partial charge in [-0.25, -0.2) is 0 Å². The molecule has 154 valence electrons. The first-order valence-corrected chi connectivity index (χ1v) is 11.0. The molecule has 5 nitrogen and oxygen atoms in total. The van der Waals surface area contributed by atoms with Gasteiger partial charge in [-0.3, -0.25) is 9.59 Å². The maximum atomic E-state index is 12.2. The Kier molecular flexibility index (Phi) is 3.74. The summed E-state index contributed by atoms with van der Waals surface area (Å²) < 4.78 is 6.21. The van der Waals surface area contributed by atoms with Crippen LogP contribution in [0.2, 0.25) is 0 Å². The fraction of sp³-hybridized carbons (Fsp3) is 0.826. The summed E-state index contributed by atoms with van der Waals surface area (Å²) in [7, 11) is 0. The Balaban J connectivity index is 1.56. The van der Waals surface area contributed by atoms with Gasteiger partial charge in [0.25, 0.3) is 0 Å². The summed E-state index contributed by atoms with van der Waals surface area (Å²) >= 11 is 0. The summed E-state index contributed by atoms with van der Waals surface area (Å²) in [4.78, 5) is 24.0. The van der Waals surface area contributed by atoms with Crippen LogP contribution in [-0.2, 0) is 14.3 Å². The number of aliphatic carboxylic acids is 2. The highest BCUT2D eigenvalue weighted by atomic mass is 16.5. The molecule has 0 radical (unpaired) electrons. The summed E-state index contributed by atoms with van der Waals surface area (Å²) in [5.41, 5.74) is 1.99. The highest BCUT2D eigenvalue weighted by Crippen LogP contribution is 2.70. The summed E-state index contributed by atoms with van der Waals surface area (Å²) in [5, 5.41) is 19.8. The molecule has 5 rings (SSSR count). The lowest BCUT2D eigenvalue weighted by Gasteiger charge is -2.64. The van der Waals surface area contributed by atoms with E-state index < -0.39 is 23.3 Å². The van der Waals surface area contributed by atoms with Crippen LogP contribution in [0.15, 0.2) is 11.1 Å². The molecule has 8 atom stereocenters. The molecule has 0 aromatic rings. The maximum absolute atomic E-state index is 12.2. The Hall–Kier alpha value is -1.36. The van der Waals surface area contributed by atoms with Gasteiger partial charge in [0.1, 0.15) is 0 Å². The lowest BCUT2D eigenvalue weighted by Crippen LogP contribution is -2.59. The van der Waals surface area contributed by atoms with Crippen molar-refractivity contribution in [2.24, 2.45) is 34.0 Å². The van der Waals surface area contributed by atoms with Crippen LogP contribution >= 0.6 is 0 Å². The fourth-order valence-corrected chi connectivity index (χ4v) is 8.60. The smallest absolute Gasteiger partial charge is 0.309 e. The van der Waals surface area contributed by atoms with Crippen LogP contribution in [-0.4, -0.2) is 34.4 Å². The topological polar surface area (TPSA) is 83.8 Å². The third-order valence-corrected chi connectivity index (χ3v) is 9.78. The number of carboxylic acid groups (broad SMARTS) is 2. The third-order valence-electron chi connectivity index (χ3n) is 9.78. The molecule has 0 spiro atoms. The molecule has 28 heavy (non-hydrogen) atoms. The van der Waals surface area contributed by atoms with Crippen molar-refractivity contribution >= 4 is 11.9 Å². The van der Waals surface area contributed by atoms with Crippen LogP contribution in [0.4, 0.5) is 0 Å². The molecule has 3 unspecified atom stereocenters. The van der Waals surface area contributed by atoms with Crippen LogP contribution < -0.4 is 0 Å². The summed E-state index contributed by atoms with van der Waals surface area (Å²) in [5.74, 6) is -1.19. The van der Waals surface area contributed by atoms with E-state index >= 15 is 0 Å². The van der Waals surface area contributed by atoms with Crippen molar-refractivity contribution < 1.29 is 24.5 Å². The van der Waals surface area contributed by atoms with Crippen molar-refractivity contribution in [3.63, 3.8) is 0 Å². The Morgan fingerprint density at radius 3 is 2.46 bits per heavy atom. The molecule has 2 bridgehead atoms. The van der Waals surface area contributed by atoms with Gasteiger partial charge < -0.3 is 14.9 Å². The zero-order chi connectivity index (χ0) is 20.1. The van der Waals surface area contributed by atoms with Gasteiger partial charge in [-0.1, -0.05) is 20.3 Å². The molecule has 0 aromatic heterocycles. The Morgan fingerprint density at radius 1 is 1.04 bits per heavy atom. The van der Waals surface area contributed by atoms with Gasteiger partial charge >= 0.3 is 11.9 Å². The summed E-state index contributed by atoms with van der Waals surface area (Å²) in [6.07, 6.45) is 7.13. The van der Waals surface area contributed by atoms with Crippen LogP contribution in [0.3, 0.4) is 0 Å². The van der Waals surface area contributed by atoms with Crippen molar-refractivity contribution in [2.75, 3.05) is 0 Å². The van der Waals surface area contributed by atoms with E-state index in [9.17, 15) is 19.8 Å². The number of ether oxygens (including phenoxy) is 1. The molecule has 1 saturated heterocycles. The number of rotatable bonds is 2. The largest absolute Gasteiger partial charge is 0.481 e. The monoisotopic (exact) mass is 388 g/mol. The van der Waals surface area contributed by atoms with E-state index in [0.717, 1.165) is 44.9 Å². The average molecular weight is 389 g/mol. The molecule has 2 N–H and O–H groups in total. The first-order chi connectivity index (χ1) is 13.1. The zero-order valence-corrected chi connectivity index (χ0v) is 17.2. The highest BCUT2D eigenvalue weighted by Gasteiger charge is 2.66. The van der Waals surface area contributed by atoms with E-state index in [-0.39, 0.29) is 29.0 Å². The molecule has 0 aromatic carbocycles. The normalized spacial score (nSPS) is 52.0. The van der Waals surface area contributed by atoms with E-state index in [1.165, 1.54) is 11.1 Å². The van der Waals surface area contributed by atoms with E-state index in [1.807, 2.05) is 6.92 Å². The number of carboxylic acids is 2. The molecule has 3 fully saturated rings. The molecular weight excluding hydrogens is 356 g/mol. The molecule has 2 saturated carbocycles. The maximum Gasteiger partial charge on any atom is 0.309 e. The first-order valence-electron chi connectivity index (χ1n) is 11.0. The summed E-state index contributed by atoms with van der Waals surface area (Å²) in [6, 6.07) is 0. The van der Waals surface area contributed by atoms with Crippen molar-refractivity contribution in [3.8, 4) is 0 Å². The van der Waals surface area contributed by atoms with Crippen LogP contribution in [0, 0.1) is 34.0 Å². The quantitative estimate of drug-likeness (QED) is 0.691. The Labute approximate surface area is 166 Å². The van der Waals surface area contributed by atoms with Gasteiger partial charge in [0, 0.05) is 0 Å². The van der Waals surface area contributed by atoms with E-state index in [1.54, 1.807) is 0 Å². The van der Waals surface area contributed by atoms with E-state index in [2.05, 4.69) is 13.8 Å². The van der Waals surface area contributed by atoms with Gasteiger partial charge in [-0.05, 0) is 85.7 Å². The van der Waals surface area contributed by atoms with Crippen LogP contribution in [0.1, 0.15) is 72.1 Å². The second-order valence-electron chi connectivity index (χ2n) is 10.8. The van der Waals surface area contributed by atoms with Gasteiger partial charge in [-0.2, -0.15) is 0 Å². The number of hydrogen-bond donors (Lipinski definition) is 2. The third kappa shape index (κ3) is 2.07. The van der Waals surface area contributed by atoms with Crippen molar-refractivity contribution in [2.45, 2.75) is 84.3 Å². The minimum Gasteiger partial charge on any atom is -0.481 e. The minimum atomic E-state index is -0.735. The van der Waals surface area contributed by atoms with E-state index in [0.29, 0.717) is 12.3 Å². The van der Waals surface area contributed by atoms with E-state index in [4.69, 9.17) is 4.74 Å². The van der Waals surface area contributed by atoms with Crippen molar-refractivity contribution in [1.82, 2.24) is 0 Å². The molecule has 2 heterocycles. The molecule has 3 aliphatic carbocycles. The molecule has 5 aliphatic rings. The van der Waals surface area contributed by atoms with Crippen LogP contribution in [0.5, 0.6) is 0 Å². The van der Waals surface area contributed by atoms with Gasteiger partial charge in [0.2, 0.25) is 0 Å². The van der Waals surface area contributed by atoms with Gasteiger partial charge in [-0.15, -0.1) is 0 Å². The highest BCUT2D eigenvalue weighted by molar-refractivity contribution is 5.75. The lowest BCUT2D eigenvalue weighted by molar-refractivity contribution is -0.176. The molecular formula is C23H32O5. The molecule has 2 aliphatic heterocycles. The van der Waals surface area contributed by atoms with Gasteiger partial charge in [0.15, 0.2) is 0 Å². The second-order valence-corrected chi connectivity index (χ2v) is 10.8. The lowest BCUT2D eigenvalue weighted by atomic mass is 9.39. The van der Waals surface area contributed by atoms with Crippen LogP contribution in [0.25, 0.3) is 0 Å². The second kappa shape index (κ2) is 5.62. The molecule has 5 heteroatoms. The number of hydrogen-bond acceptors (Lipinski definition) is 3.